The van der Waals surface area contributed by atoms with Crippen LogP contribution < -0.4 is 21.7 Å². The lowest BCUT2D eigenvalue weighted by Gasteiger charge is -2.20. The molecule has 8 N–H and O–H groups in total. The zero-order chi connectivity index (χ0) is 22.1. The fourth-order valence-corrected chi connectivity index (χ4v) is 2.62. The predicted octanol–water partition coefficient (Wildman–Crippen LogP) is 1.52. The SMILES string of the molecule is N=C(N)c1ccc(NC(=O)NC(CC(=O)NCCC(=O)O)c2cccc(O)c2)cc1. The van der Waals surface area contributed by atoms with Crippen molar-refractivity contribution in [3.8, 4) is 5.75 Å². The van der Waals surface area contributed by atoms with E-state index >= 15 is 0 Å². The van der Waals surface area contributed by atoms with Crippen LogP contribution in [0.3, 0.4) is 0 Å². The van der Waals surface area contributed by atoms with Crippen LogP contribution in [-0.2, 0) is 9.59 Å². The molecule has 10 nitrogen and oxygen atoms in total. The summed E-state index contributed by atoms with van der Waals surface area (Å²) in [4.78, 5) is 35.2. The number of carboxylic acids is 1. The summed E-state index contributed by atoms with van der Waals surface area (Å²) < 4.78 is 0. The molecule has 0 aliphatic heterocycles. The lowest BCUT2D eigenvalue weighted by molar-refractivity contribution is -0.136. The molecule has 0 aliphatic rings. The molecule has 1 unspecified atom stereocenters. The third kappa shape index (κ3) is 7.15. The van der Waals surface area contributed by atoms with Gasteiger partial charge in [-0.1, -0.05) is 12.1 Å². The molecule has 0 spiro atoms. The average Bonchev–Trinajstić information content (AvgIpc) is 2.67. The van der Waals surface area contributed by atoms with E-state index in [-0.39, 0.29) is 31.0 Å². The molecule has 10 heteroatoms. The number of benzene rings is 2. The topological polar surface area (TPSA) is 178 Å². The van der Waals surface area contributed by atoms with E-state index in [1.807, 2.05) is 0 Å². The molecule has 0 radical (unpaired) electrons. The standard InChI is InChI=1S/C20H23N5O5/c21-19(22)12-4-6-14(7-5-12)24-20(30)25-16(13-2-1-3-15(26)10-13)11-17(27)23-9-8-18(28)29/h1-7,10,16,26H,8-9,11H2,(H3,21,22)(H,23,27)(H,28,29)(H2,24,25,30). The molecule has 0 saturated carbocycles. The summed E-state index contributed by atoms with van der Waals surface area (Å²) in [5.41, 5.74) is 6.87. The molecular weight excluding hydrogens is 390 g/mol. The number of phenols is 1. The van der Waals surface area contributed by atoms with Gasteiger partial charge in [-0.05, 0) is 42.0 Å². The molecule has 1 atom stereocenters. The van der Waals surface area contributed by atoms with Crippen LogP contribution in [0.1, 0.15) is 30.0 Å². The molecule has 30 heavy (non-hydrogen) atoms. The van der Waals surface area contributed by atoms with E-state index in [9.17, 15) is 19.5 Å². The average molecular weight is 413 g/mol. The molecule has 0 aliphatic carbocycles. The van der Waals surface area contributed by atoms with Gasteiger partial charge < -0.3 is 31.9 Å². The van der Waals surface area contributed by atoms with E-state index in [2.05, 4.69) is 16.0 Å². The normalized spacial score (nSPS) is 11.2. The minimum absolute atomic E-state index is 0.0224. The Labute approximate surface area is 172 Å². The summed E-state index contributed by atoms with van der Waals surface area (Å²) >= 11 is 0. The first-order valence-electron chi connectivity index (χ1n) is 9.04. The number of carboxylic acid groups (broad SMARTS) is 1. The van der Waals surface area contributed by atoms with Crippen LogP contribution in [0, 0.1) is 5.41 Å². The van der Waals surface area contributed by atoms with E-state index in [0.717, 1.165) is 0 Å². The first kappa shape index (κ1) is 22.2. The van der Waals surface area contributed by atoms with Gasteiger partial charge in [0.1, 0.15) is 11.6 Å². The van der Waals surface area contributed by atoms with Crippen molar-refractivity contribution >= 4 is 29.4 Å². The highest BCUT2D eigenvalue weighted by molar-refractivity contribution is 5.96. The van der Waals surface area contributed by atoms with Crippen LogP contribution in [0.15, 0.2) is 48.5 Å². The molecule has 2 aromatic rings. The van der Waals surface area contributed by atoms with Gasteiger partial charge in [0.25, 0.3) is 0 Å². The van der Waals surface area contributed by atoms with Gasteiger partial charge in [0, 0.05) is 17.8 Å². The number of hydrogen-bond acceptors (Lipinski definition) is 5. The van der Waals surface area contributed by atoms with Crippen LogP contribution in [0.25, 0.3) is 0 Å². The Bertz CT molecular complexity index is 929. The fraction of sp³-hybridized carbons (Fsp3) is 0.200. The number of hydrogen-bond donors (Lipinski definition) is 7. The van der Waals surface area contributed by atoms with E-state index in [0.29, 0.717) is 16.8 Å². The lowest BCUT2D eigenvalue weighted by atomic mass is 10.0. The number of aliphatic carboxylic acids is 1. The molecule has 0 saturated heterocycles. The fourth-order valence-electron chi connectivity index (χ4n) is 2.62. The maximum Gasteiger partial charge on any atom is 0.319 e. The van der Waals surface area contributed by atoms with Gasteiger partial charge in [-0.15, -0.1) is 0 Å². The highest BCUT2D eigenvalue weighted by atomic mass is 16.4. The Morgan fingerprint density at radius 2 is 1.80 bits per heavy atom. The Hall–Kier alpha value is -4.08. The molecule has 2 aromatic carbocycles. The Balaban J connectivity index is 2.06. The maximum absolute atomic E-state index is 12.4. The molecule has 2 rings (SSSR count). The quantitative estimate of drug-likeness (QED) is 0.242. The highest BCUT2D eigenvalue weighted by Crippen LogP contribution is 2.21. The zero-order valence-corrected chi connectivity index (χ0v) is 16.0. The minimum atomic E-state index is -1.03. The first-order valence-corrected chi connectivity index (χ1v) is 9.04. The number of amidine groups is 1. The highest BCUT2D eigenvalue weighted by Gasteiger charge is 2.19. The Morgan fingerprint density at radius 3 is 2.40 bits per heavy atom. The summed E-state index contributed by atoms with van der Waals surface area (Å²) in [6.45, 7) is -0.0321. The Kier molecular flexibility index (Phi) is 7.74. The number of amides is 3. The first-order chi connectivity index (χ1) is 14.2. The van der Waals surface area contributed by atoms with Crippen LogP contribution in [-0.4, -0.2) is 40.5 Å². The largest absolute Gasteiger partial charge is 0.508 e. The van der Waals surface area contributed by atoms with Gasteiger partial charge in [0.2, 0.25) is 5.91 Å². The summed E-state index contributed by atoms with van der Waals surface area (Å²) in [5.74, 6) is -1.60. The molecular formula is C20H23N5O5. The van der Waals surface area contributed by atoms with Gasteiger partial charge in [-0.2, -0.15) is 0 Å². The number of carbonyl (C=O) groups is 3. The monoisotopic (exact) mass is 413 g/mol. The lowest BCUT2D eigenvalue weighted by Crippen LogP contribution is -2.36. The summed E-state index contributed by atoms with van der Waals surface area (Å²) in [5, 5.41) is 33.5. The van der Waals surface area contributed by atoms with E-state index in [1.165, 1.54) is 12.1 Å². The second-order valence-corrected chi connectivity index (χ2v) is 6.43. The van der Waals surface area contributed by atoms with Crippen LogP contribution >= 0.6 is 0 Å². The number of nitrogen functional groups attached to an aromatic ring is 1. The minimum Gasteiger partial charge on any atom is -0.508 e. The molecule has 0 heterocycles. The number of aromatic hydroxyl groups is 1. The number of carbonyl (C=O) groups excluding carboxylic acids is 2. The van der Waals surface area contributed by atoms with Gasteiger partial charge in [-0.3, -0.25) is 15.0 Å². The van der Waals surface area contributed by atoms with Gasteiger partial charge in [-0.25, -0.2) is 4.79 Å². The summed E-state index contributed by atoms with van der Waals surface area (Å²) in [6, 6.07) is 11.1. The number of nitrogens with two attached hydrogens (primary N) is 1. The van der Waals surface area contributed by atoms with Crippen molar-refractivity contribution in [3.05, 3.63) is 59.7 Å². The van der Waals surface area contributed by atoms with Gasteiger partial charge in [0.05, 0.1) is 18.9 Å². The van der Waals surface area contributed by atoms with E-state index in [1.54, 1.807) is 36.4 Å². The van der Waals surface area contributed by atoms with Crippen LogP contribution in [0.5, 0.6) is 5.75 Å². The molecule has 0 fully saturated rings. The third-order valence-corrected chi connectivity index (χ3v) is 4.08. The Morgan fingerprint density at radius 1 is 1.10 bits per heavy atom. The van der Waals surface area contributed by atoms with Crippen molar-refractivity contribution < 1.29 is 24.6 Å². The number of rotatable bonds is 9. The van der Waals surface area contributed by atoms with Crippen molar-refractivity contribution in [1.29, 1.82) is 5.41 Å². The zero-order valence-electron chi connectivity index (χ0n) is 16.0. The molecule has 158 valence electrons. The summed E-state index contributed by atoms with van der Waals surface area (Å²) in [7, 11) is 0. The predicted molar refractivity (Wildman–Crippen MR) is 110 cm³/mol. The second-order valence-electron chi connectivity index (χ2n) is 6.43. The molecule has 0 bridgehead atoms. The van der Waals surface area contributed by atoms with E-state index < -0.39 is 23.9 Å². The van der Waals surface area contributed by atoms with Gasteiger partial charge in [0.15, 0.2) is 0 Å². The number of nitrogens with one attached hydrogen (secondary N) is 4. The third-order valence-electron chi connectivity index (χ3n) is 4.08. The summed E-state index contributed by atoms with van der Waals surface area (Å²) in [6.07, 6.45) is -0.369. The van der Waals surface area contributed by atoms with Crippen molar-refractivity contribution in [1.82, 2.24) is 10.6 Å². The van der Waals surface area contributed by atoms with Crippen molar-refractivity contribution in [2.24, 2.45) is 5.73 Å². The number of anilines is 1. The van der Waals surface area contributed by atoms with Crippen molar-refractivity contribution in [3.63, 3.8) is 0 Å². The van der Waals surface area contributed by atoms with Crippen LogP contribution in [0.2, 0.25) is 0 Å². The molecule has 0 aromatic heterocycles. The van der Waals surface area contributed by atoms with Crippen molar-refractivity contribution in [2.75, 3.05) is 11.9 Å². The second kappa shape index (κ2) is 10.5. The van der Waals surface area contributed by atoms with Gasteiger partial charge >= 0.3 is 12.0 Å². The number of urea groups is 1. The van der Waals surface area contributed by atoms with Crippen molar-refractivity contribution in [2.45, 2.75) is 18.9 Å². The number of phenolic OH excluding ortho intramolecular Hbond substituents is 1. The smallest absolute Gasteiger partial charge is 0.319 e. The molecule has 3 amide bonds. The van der Waals surface area contributed by atoms with E-state index in [4.69, 9.17) is 16.2 Å². The van der Waals surface area contributed by atoms with Crippen LogP contribution in [0.4, 0.5) is 10.5 Å². The maximum atomic E-state index is 12.4.